The van der Waals surface area contributed by atoms with E-state index in [4.69, 9.17) is 0 Å². The number of carbonyl (C=O) groups excluding carboxylic acids is 1. The molecule has 3 rings (SSSR count). The van der Waals surface area contributed by atoms with Gasteiger partial charge in [0.25, 0.3) is 5.91 Å². The number of nitrogens with one attached hydrogen (secondary N) is 1. The lowest BCUT2D eigenvalue weighted by Crippen LogP contribution is -2.30. The van der Waals surface area contributed by atoms with Gasteiger partial charge in [-0.25, -0.2) is 8.78 Å². The van der Waals surface area contributed by atoms with Crippen molar-refractivity contribution in [3.8, 4) is 0 Å². The molecule has 21 heavy (non-hydrogen) atoms. The van der Waals surface area contributed by atoms with Crippen molar-refractivity contribution < 1.29 is 13.6 Å². The summed E-state index contributed by atoms with van der Waals surface area (Å²) in [6.45, 7) is 0. The molecule has 0 aromatic heterocycles. The van der Waals surface area contributed by atoms with Crippen LogP contribution in [0.2, 0.25) is 0 Å². The molecule has 5 heteroatoms. The first-order valence-corrected chi connectivity index (χ1v) is 7.61. The topological polar surface area (TPSA) is 29.1 Å². The molecule has 1 atom stereocenters. The molecule has 2 aromatic carbocycles. The third-order valence-electron chi connectivity index (χ3n) is 3.45. The molecule has 2 nitrogen and oxygen atoms in total. The Hall–Kier alpha value is -1.88. The second kappa shape index (κ2) is 5.85. The van der Waals surface area contributed by atoms with E-state index in [0.717, 1.165) is 34.8 Å². The zero-order valence-corrected chi connectivity index (χ0v) is 11.9. The molecule has 0 bridgehead atoms. The highest BCUT2D eigenvalue weighted by Gasteiger charge is 2.22. The minimum Gasteiger partial charge on any atom is -0.345 e. The maximum Gasteiger partial charge on any atom is 0.251 e. The quantitative estimate of drug-likeness (QED) is 0.911. The number of hydrogen-bond acceptors (Lipinski definition) is 2. The molecule has 1 amide bonds. The van der Waals surface area contributed by atoms with E-state index in [0.29, 0.717) is 0 Å². The molecular weight excluding hydrogens is 292 g/mol. The standard InChI is InChI=1S/C16H13F2NOS/c17-12-6-5-10(9-13(12)18)16(20)19-14-7-8-21-15-4-2-1-3-11(14)15/h1-6,9,14H,7-8H2,(H,19,20). The van der Waals surface area contributed by atoms with Gasteiger partial charge in [0.05, 0.1) is 6.04 Å². The number of halogens is 2. The zero-order chi connectivity index (χ0) is 14.8. The number of thioether (sulfide) groups is 1. The summed E-state index contributed by atoms with van der Waals surface area (Å²) in [5.41, 5.74) is 1.20. The van der Waals surface area contributed by atoms with Gasteiger partial charge in [0.1, 0.15) is 0 Å². The summed E-state index contributed by atoms with van der Waals surface area (Å²) in [7, 11) is 0. The first-order chi connectivity index (χ1) is 10.1. The van der Waals surface area contributed by atoms with Gasteiger partial charge in [-0.3, -0.25) is 4.79 Å². The Morgan fingerprint density at radius 2 is 1.95 bits per heavy atom. The van der Waals surface area contributed by atoms with Crippen LogP contribution in [0.15, 0.2) is 47.4 Å². The summed E-state index contributed by atoms with van der Waals surface area (Å²) in [4.78, 5) is 13.3. The van der Waals surface area contributed by atoms with Crippen molar-refractivity contribution in [2.75, 3.05) is 5.75 Å². The summed E-state index contributed by atoms with van der Waals surface area (Å²) in [5.74, 6) is -1.44. The fourth-order valence-electron chi connectivity index (χ4n) is 2.37. The number of hydrogen-bond donors (Lipinski definition) is 1. The highest BCUT2D eigenvalue weighted by Crippen LogP contribution is 2.35. The van der Waals surface area contributed by atoms with Crippen LogP contribution in [0.5, 0.6) is 0 Å². The smallest absolute Gasteiger partial charge is 0.251 e. The molecule has 1 unspecified atom stereocenters. The fourth-order valence-corrected chi connectivity index (χ4v) is 3.50. The van der Waals surface area contributed by atoms with E-state index in [2.05, 4.69) is 5.32 Å². The van der Waals surface area contributed by atoms with Crippen LogP contribution in [-0.2, 0) is 0 Å². The fraction of sp³-hybridized carbons (Fsp3) is 0.188. The van der Waals surface area contributed by atoms with Gasteiger partial charge < -0.3 is 5.32 Å². The van der Waals surface area contributed by atoms with Gasteiger partial charge in [-0.2, -0.15) is 0 Å². The van der Waals surface area contributed by atoms with E-state index in [1.54, 1.807) is 11.8 Å². The lowest BCUT2D eigenvalue weighted by molar-refractivity contribution is 0.0934. The van der Waals surface area contributed by atoms with Gasteiger partial charge in [0.15, 0.2) is 11.6 Å². The predicted molar refractivity (Wildman–Crippen MR) is 78.3 cm³/mol. The molecule has 1 aliphatic heterocycles. The van der Waals surface area contributed by atoms with E-state index < -0.39 is 11.6 Å². The van der Waals surface area contributed by atoms with Crippen molar-refractivity contribution in [2.45, 2.75) is 17.4 Å². The summed E-state index contributed by atoms with van der Waals surface area (Å²) in [6.07, 6.45) is 0.817. The maximum atomic E-state index is 13.2. The highest BCUT2D eigenvalue weighted by atomic mass is 32.2. The Morgan fingerprint density at radius 1 is 1.14 bits per heavy atom. The van der Waals surface area contributed by atoms with Gasteiger partial charge in [-0.15, -0.1) is 11.8 Å². The Morgan fingerprint density at radius 3 is 2.76 bits per heavy atom. The Kier molecular flexibility index (Phi) is 3.92. The van der Waals surface area contributed by atoms with Crippen molar-refractivity contribution in [3.05, 3.63) is 65.2 Å². The van der Waals surface area contributed by atoms with Crippen molar-refractivity contribution >= 4 is 17.7 Å². The molecule has 0 saturated heterocycles. The average Bonchev–Trinajstić information content (AvgIpc) is 2.50. The first kappa shape index (κ1) is 14.1. The van der Waals surface area contributed by atoms with E-state index in [1.165, 1.54) is 6.07 Å². The Labute approximate surface area is 125 Å². The maximum absolute atomic E-state index is 13.2. The van der Waals surface area contributed by atoms with E-state index in [1.807, 2.05) is 24.3 Å². The molecule has 1 N–H and O–H groups in total. The monoisotopic (exact) mass is 305 g/mol. The van der Waals surface area contributed by atoms with E-state index in [9.17, 15) is 13.6 Å². The molecule has 0 radical (unpaired) electrons. The van der Waals surface area contributed by atoms with Crippen LogP contribution in [0.25, 0.3) is 0 Å². The van der Waals surface area contributed by atoms with E-state index in [-0.39, 0.29) is 17.5 Å². The Bertz CT molecular complexity index is 690. The molecule has 0 fully saturated rings. The van der Waals surface area contributed by atoms with Crippen LogP contribution in [0.1, 0.15) is 28.4 Å². The zero-order valence-electron chi connectivity index (χ0n) is 11.1. The normalized spacial score (nSPS) is 17.1. The molecule has 1 heterocycles. The van der Waals surface area contributed by atoms with Crippen LogP contribution in [-0.4, -0.2) is 11.7 Å². The van der Waals surface area contributed by atoms with Gasteiger partial charge in [-0.05, 0) is 36.2 Å². The number of carbonyl (C=O) groups is 1. The minimum atomic E-state index is -1.01. The van der Waals surface area contributed by atoms with Gasteiger partial charge in [0, 0.05) is 16.2 Å². The van der Waals surface area contributed by atoms with Gasteiger partial charge in [-0.1, -0.05) is 18.2 Å². The van der Waals surface area contributed by atoms with Crippen LogP contribution in [0.4, 0.5) is 8.78 Å². The van der Waals surface area contributed by atoms with Crippen LogP contribution in [0.3, 0.4) is 0 Å². The molecule has 0 spiro atoms. The van der Waals surface area contributed by atoms with Crippen molar-refractivity contribution in [1.29, 1.82) is 0 Å². The molecule has 108 valence electrons. The predicted octanol–water partition coefficient (Wildman–Crippen LogP) is 3.93. The summed E-state index contributed by atoms with van der Waals surface area (Å²) in [6, 6.07) is 11.0. The number of rotatable bonds is 2. The van der Waals surface area contributed by atoms with Gasteiger partial charge >= 0.3 is 0 Å². The first-order valence-electron chi connectivity index (χ1n) is 6.63. The largest absolute Gasteiger partial charge is 0.345 e. The summed E-state index contributed by atoms with van der Waals surface area (Å²) in [5, 5.41) is 2.90. The molecule has 0 saturated carbocycles. The number of benzene rings is 2. The lowest BCUT2D eigenvalue weighted by atomic mass is 10.0. The van der Waals surface area contributed by atoms with Crippen molar-refractivity contribution in [2.24, 2.45) is 0 Å². The third-order valence-corrected chi connectivity index (χ3v) is 4.57. The highest BCUT2D eigenvalue weighted by molar-refractivity contribution is 7.99. The minimum absolute atomic E-state index is 0.0944. The molecule has 0 aliphatic carbocycles. The van der Waals surface area contributed by atoms with Crippen LogP contribution >= 0.6 is 11.8 Å². The number of fused-ring (bicyclic) bond motifs is 1. The second-order valence-electron chi connectivity index (χ2n) is 4.83. The van der Waals surface area contributed by atoms with Gasteiger partial charge in [0.2, 0.25) is 0 Å². The second-order valence-corrected chi connectivity index (χ2v) is 5.97. The SMILES string of the molecule is O=C(NC1CCSc2ccccc21)c1ccc(F)c(F)c1. The Balaban J connectivity index is 1.81. The molecular formula is C16H13F2NOS. The average molecular weight is 305 g/mol. The number of amides is 1. The summed E-state index contributed by atoms with van der Waals surface area (Å²) < 4.78 is 26.1. The van der Waals surface area contributed by atoms with Crippen molar-refractivity contribution in [1.82, 2.24) is 5.32 Å². The molecule has 1 aliphatic rings. The summed E-state index contributed by atoms with van der Waals surface area (Å²) >= 11 is 1.76. The lowest BCUT2D eigenvalue weighted by Gasteiger charge is -2.25. The van der Waals surface area contributed by atoms with E-state index >= 15 is 0 Å². The third kappa shape index (κ3) is 2.93. The van der Waals surface area contributed by atoms with Crippen molar-refractivity contribution in [3.63, 3.8) is 0 Å². The van der Waals surface area contributed by atoms with Crippen LogP contribution in [0, 0.1) is 11.6 Å². The van der Waals surface area contributed by atoms with Crippen LogP contribution < -0.4 is 5.32 Å². The molecule has 2 aromatic rings.